The standard InChI is InChI=1S/C17H26F2N2/c1-2-10-20-13-15-8-11-21(12-9-15)14-17(18,19)16-6-4-3-5-7-16/h3-7,15,20H,2,8-14H2,1H3. The molecule has 0 amide bonds. The molecule has 0 bridgehead atoms. The van der Waals surface area contributed by atoms with Crippen molar-refractivity contribution in [2.45, 2.75) is 32.1 Å². The molecule has 0 atom stereocenters. The van der Waals surface area contributed by atoms with Crippen molar-refractivity contribution in [3.05, 3.63) is 35.9 Å². The smallest absolute Gasteiger partial charge is 0.285 e. The molecule has 1 aliphatic rings. The number of benzene rings is 1. The van der Waals surface area contributed by atoms with E-state index in [2.05, 4.69) is 12.2 Å². The van der Waals surface area contributed by atoms with Gasteiger partial charge in [0, 0.05) is 5.56 Å². The molecule has 4 heteroatoms. The summed E-state index contributed by atoms with van der Waals surface area (Å²) in [6.45, 7) is 5.62. The van der Waals surface area contributed by atoms with E-state index in [-0.39, 0.29) is 12.1 Å². The number of likely N-dealkylation sites (tertiary alicyclic amines) is 1. The number of hydrogen-bond acceptors (Lipinski definition) is 2. The van der Waals surface area contributed by atoms with Crippen LogP contribution in [0.1, 0.15) is 31.7 Å². The molecule has 0 aromatic heterocycles. The van der Waals surface area contributed by atoms with Crippen LogP contribution in [0.4, 0.5) is 8.78 Å². The topological polar surface area (TPSA) is 15.3 Å². The SMILES string of the molecule is CCCNCC1CCN(CC(F)(F)c2ccccc2)CC1. The predicted octanol–water partition coefficient (Wildman–Crippen LogP) is 3.49. The van der Waals surface area contributed by atoms with Crippen molar-refractivity contribution in [2.75, 3.05) is 32.7 Å². The second-order valence-electron chi connectivity index (χ2n) is 5.99. The minimum atomic E-state index is -2.76. The summed E-state index contributed by atoms with van der Waals surface area (Å²) in [5.74, 6) is -2.12. The molecule has 1 aliphatic heterocycles. The number of alkyl halides is 2. The third-order valence-corrected chi connectivity index (χ3v) is 4.19. The average molecular weight is 296 g/mol. The molecule has 0 spiro atoms. The van der Waals surface area contributed by atoms with Crippen LogP contribution < -0.4 is 5.32 Å². The molecule has 21 heavy (non-hydrogen) atoms. The van der Waals surface area contributed by atoms with Crippen LogP contribution in [-0.2, 0) is 5.92 Å². The van der Waals surface area contributed by atoms with E-state index in [1.54, 1.807) is 18.2 Å². The van der Waals surface area contributed by atoms with Crippen LogP contribution in [0, 0.1) is 5.92 Å². The van der Waals surface area contributed by atoms with Crippen LogP contribution in [0.15, 0.2) is 30.3 Å². The van der Waals surface area contributed by atoms with Crippen molar-refractivity contribution >= 4 is 0 Å². The number of piperidine rings is 1. The zero-order valence-corrected chi connectivity index (χ0v) is 12.8. The van der Waals surface area contributed by atoms with Gasteiger partial charge in [-0.3, -0.25) is 4.90 Å². The highest BCUT2D eigenvalue weighted by molar-refractivity contribution is 5.20. The fourth-order valence-corrected chi connectivity index (χ4v) is 2.89. The number of halogens is 2. The number of nitrogens with zero attached hydrogens (tertiary/aromatic N) is 1. The Morgan fingerprint density at radius 3 is 2.48 bits per heavy atom. The molecule has 0 aliphatic carbocycles. The van der Waals surface area contributed by atoms with Gasteiger partial charge >= 0.3 is 0 Å². The molecule has 0 saturated carbocycles. The first-order valence-corrected chi connectivity index (χ1v) is 7.98. The highest BCUT2D eigenvalue weighted by atomic mass is 19.3. The molecule has 1 N–H and O–H groups in total. The number of rotatable bonds is 7. The Kier molecular flexibility index (Phi) is 6.12. The lowest BCUT2D eigenvalue weighted by Gasteiger charge is -2.34. The Balaban J connectivity index is 1.78. The quantitative estimate of drug-likeness (QED) is 0.775. The predicted molar refractivity (Wildman–Crippen MR) is 82.7 cm³/mol. The Bertz CT molecular complexity index is 401. The van der Waals surface area contributed by atoms with E-state index in [1.165, 1.54) is 12.1 Å². The van der Waals surface area contributed by atoms with Crippen molar-refractivity contribution in [1.82, 2.24) is 10.2 Å². The van der Waals surface area contributed by atoms with Gasteiger partial charge in [0.1, 0.15) is 0 Å². The number of hydrogen-bond donors (Lipinski definition) is 1. The molecule has 1 saturated heterocycles. The van der Waals surface area contributed by atoms with Crippen LogP contribution in [0.5, 0.6) is 0 Å². The van der Waals surface area contributed by atoms with Crippen LogP contribution in [0.3, 0.4) is 0 Å². The Morgan fingerprint density at radius 2 is 1.86 bits per heavy atom. The maximum absolute atomic E-state index is 14.2. The molecule has 1 fully saturated rings. The van der Waals surface area contributed by atoms with Crippen molar-refractivity contribution in [2.24, 2.45) is 5.92 Å². The van der Waals surface area contributed by atoms with Gasteiger partial charge in [0.2, 0.25) is 0 Å². The monoisotopic (exact) mass is 296 g/mol. The zero-order chi connectivity index (χ0) is 15.1. The van der Waals surface area contributed by atoms with E-state index in [9.17, 15) is 8.78 Å². The molecular weight excluding hydrogens is 270 g/mol. The lowest BCUT2D eigenvalue weighted by atomic mass is 9.96. The normalized spacial score (nSPS) is 18.0. The van der Waals surface area contributed by atoms with Gasteiger partial charge in [0.05, 0.1) is 6.54 Å². The summed E-state index contributed by atoms with van der Waals surface area (Å²) in [6, 6.07) is 8.15. The summed E-state index contributed by atoms with van der Waals surface area (Å²) in [5.41, 5.74) is 0.122. The van der Waals surface area contributed by atoms with E-state index in [0.717, 1.165) is 45.4 Å². The Hall–Kier alpha value is -1.00. The molecule has 2 nitrogen and oxygen atoms in total. The summed E-state index contributed by atoms with van der Waals surface area (Å²) in [6.07, 6.45) is 3.17. The van der Waals surface area contributed by atoms with Crippen molar-refractivity contribution in [3.63, 3.8) is 0 Å². The molecule has 1 heterocycles. The second-order valence-corrected chi connectivity index (χ2v) is 5.99. The van der Waals surface area contributed by atoms with Gasteiger partial charge in [-0.25, -0.2) is 0 Å². The minimum Gasteiger partial charge on any atom is -0.316 e. The summed E-state index contributed by atoms with van der Waals surface area (Å²) in [5, 5.41) is 3.43. The van der Waals surface area contributed by atoms with Gasteiger partial charge in [-0.1, -0.05) is 37.3 Å². The Labute approximate surface area is 126 Å². The van der Waals surface area contributed by atoms with Gasteiger partial charge in [-0.2, -0.15) is 8.78 Å². The average Bonchev–Trinajstić information content (AvgIpc) is 2.50. The van der Waals surface area contributed by atoms with Crippen molar-refractivity contribution in [1.29, 1.82) is 0 Å². The summed E-state index contributed by atoms with van der Waals surface area (Å²) in [4.78, 5) is 1.91. The molecule has 118 valence electrons. The van der Waals surface area contributed by atoms with Gasteiger partial charge in [0.25, 0.3) is 5.92 Å². The Morgan fingerprint density at radius 1 is 1.19 bits per heavy atom. The fourth-order valence-electron chi connectivity index (χ4n) is 2.89. The third kappa shape index (κ3) is 5.04. The van der Waals surface area contributed by atoms with E-state index in [0.29, 0.717) is 5.92 Å². The van der Waals surface area contributed by atoms with Gasteiger partial charge in [-0.05, 0) is 51.4 Å². The lowest BCUT2D eigenvalue weighted by molar-refractivity contribution is -0.0444. The molecule has 1 aromatic carbocycles. The first kappa shape index (κ1) is 16.4. The molecule has 2 rings (SSSR count). The van der Waals surface area contributed by atoms with Gasteiger partial charge in [0.15, 0.2) is 0 Å². The highest BCUT2D eigenvalue weighted by Gasteiger charge is 2.34. The summed E-state index contributed by atoms with van der Waals surface area (Å²) in [7, 11) is 0. The summed E-state index contributed by atoms with van der Waals surface area (Å²) < 4.78 is 28.5. The molecule has 1 aromatic rings. The number of nitrogens with one attached hydrogen (secondary N) is 1. The molecule has 0 radical (unpaired) electrons. The van der Waals surface area contributed by atoms with Crippen LogP contribution in [0.25, 0.3) is 0 Å². The van der Waals surface area contributed by atoms with E-state index < -0.39 is 5.92 Å². The van der Waals surface area contributed by atoms with Crippen LogP contribution in [-0.4, -0.2) is 37.6 Å². The zero-order valence-electron chi connectivity index (χ0n) is 12.8. The third-order valence-electron chi connectivity index (χ3n) is 4.19. The van der Waals surface area contributed by atoms with Gasteiger partial charge < -0.3 is 5.32 Å². The first-order chi connectivity index (χ1) is 10.1. The lowest BCUT2D eigenvalue weighted by Crippen LogP contribution is -2.42. The van der Waals surface area contributed by atoms with Crippen LogP contribution in [0.2, 0.25) is 0 Å². The fraction of sp³-hybridized carbons (Fsp3) is 0.647. The largest absolute Gasteiger partial charge is 0.316 e. The highest BCUT2D eigenvalue weighted by Crippen LogP contribution is 2.30. The molecular formula is C17H26F2N2. The van der Waals surface area contributed by atoms with E-state index >= 15 is 0 Å². The summed E-state index contributed by atoms with van der Waals surface area (Å²) >= 11 is 0. The van der Waals surface area contributed by atoms with Crippen molar-refractivity contribution < 1.29 is 8.78 Å². The van der Waals surface area contributed by atoms with Gasteiger partial charge in [-0.15, -0.1) is 0 Å². The van der Waals surface area contributed by atoms with Crippen molar-refractivity contribution in [3.8, 4) is 0 Å². The maximum Gasteiger partial charge on any atom is 0.285 e. The second kappa shape index (κ2) is 7.85. The van der Waals surface area contributed by atoms with E-state index in [1.807, 2.05) is 4.90 Å². The maximum atomic E-state index is 14.2. The molecule has 0 unspecified atom stereocenters. The first-order valence-electron chi connectivity index (χ1n) is 7.98. The minimum absolute atomic E-state index is 0.122. The van der Waals surface area contributed by atoms with E-state index in [4.69, 9.17) is 0 Å². The van der Waals surface area contributed by atoms with Crippen LogP contribution >= 0.6 is 0 Å².